The Morgan fingerprint density at radius 2 is 1.68 bits per heavy atom. The molecule has 0 amide bonds. The fourth-order valence-corrected chi connectivity index (χ4v) is 4.08. The molecule has 0 bridgehead atoms. The molecule has 0 spiro atoms. The molecule has 1 atom stereocenters. The monoisotopic (exact) mass is 391 g/mol. The second kappa shape index (κ2) is 9.05. The lowest BCUT2D eigenvalue weighted by molar-refractivity contribution is 0.576. The Labute approximate surface area is 167 Å². The molecule has 28 heavy (non-hydrogen) atoms. The smallest absolute Gasteiger partial charge is 0.207 e. The van der Waals surface area contributed by atoms with E-state index in [1.807, 2.05) is 49.4 Å². The van der Waals surface area contributed by atoms with Crippen molar-refractivity contribution in [1.29, 1.82) is 0 Å². The molecule has 1 N–H and O–H groups in total. The Morgan fingerprint density at radius 3 is 2.39 bits per heavy atom. The molecule has 0 aliphatic rings. The first kappa shape index (κ1) is 20.1. The van der Waals surface area contributed by atoms with E-state index in [-0.39, 0.29) is 4.90 Å². The van der Waals surface area contributed by atoms with Crippen molar-refractivity contribution in [2.45, 2.75) is 44.0 Å². The van der Waals surface area contributed by atoms with Crippen LogP contribution in [0.2, 0.25) is 0 Å². The van der Waals surface area contributed by atoms with E-state index in [4.69, 9.17) is 0 Å². The number of hydrogen-bond donors (Lipinski definition) is 1. The summed E-state index contributed by atoms with van der Waals surface area (Å²) in [6, 6.07) is 20.2. The van der Waals surface area contributed by atoms with E-state index in [2.05, 4.69) is 23.5 Å². The molecule has 0 fully saturated rings. The highest BCUT2D eigenvalue weighted by Gasteiger charge is 2.20. The summed E-state index contributed by atoms with van der Waals surface area (Å²) < 4.78 is 28.6. The minimum absolute atomic E-state index is 0.249. The molecule has 0 saturated carbocycles. The quantitative estimate of drug-likeness (QED) is 0.454. The Morgan fingerprint density at radius 1 is 0.964 bits per heavy atom. The summed E-state index contributed by atoms with van der Waals surface area (Å²) in [6.45, 7) is 4.05. The van der Waals surface area contributed by atoms with Gasteiger partial charge in [-0.15, -0.1) is 5.92 Å². The van der Waals surface area contributed by atoms with Crippen molar-refractivity contribution in [3.05, 3.63) is 77.9 Å². The number of sulfonamides is 1. The van der Waals surface area contributed by atoms with Crippen molar-refractivity contribution >= 4 is 20.8 Å². The summed E-state index contributed by atoms with van der Waals surface area (Å²) in [4.78, 5) is 0.249. The van der Waals surface area contributed by atoms with E-state index in [0.717, 1.165) is 41.2 Å². The third kappa shape index (κ3) is 5.01. The Hall–Kier alpha value is -2.61. The van der Waals surface area contributed by atoms with Crippen LogP contribution in [0.1, 0.15) is 43.4 Å². The number of nitrogens with one attached hydrogen (secondary N) is 1. The molecular formula is C24H25NO2S. The van der Waals surface area contributed by atoms with Crippen molar-refractivity contribution < 1.29 is 8.42 Å². The summed E-state index contributed by atoms with van der Waals surface area (Å²) in [5.74, 6) is 6.27. The number of rotatable bonds is 6. The van der Waals surface area contributed by atoms with Crippen LogP contribution in [-0.2, 0) is 10.0 Å². The molecule has 0 saturated heterocycles. The fourth-order valence-electron chi connectivity index (χ4n) is 2.95. The average molecular weight is 392 g/mol. The first-order chi connectivity index (χ1) is 13.5. The van der Waals surface area contributed by atoms with E-state index in [0.29, 0.717) is 0 Å². The van der Waals surface area contributed by atoms with Gasteiger partial charge in [-0.25, -0.2) is 8.42 Å². The Bertz CT molecular complexity index is 1110. The van der Waals surface area contributed by atoms with Gasteiger partial charge in [-0.3, -0.25) is 0 Å². The van der Waals surface area contributed by atoms with Gasteiger partial charge in [0.1, 0.15) is 6.04 Å². The highest BCUT2D eigenvalue weighted by molar-refractivity contribution is 7.89. The minimum Gasteiger partial charge on any atom is -0.207 e. The number of aryl methyl sites for hydroxylation is 1. The fraction of sp³-hybridized carbons (Fsp3) is 0.250. The molecular weight excluding hydrogens is 366 g/mol. The topological polar surface area (TPSA) is 46.2 Å². The molecule has 144 valence electrons. The zero-order chi connectivity index (χ0) is 20.0. The van der Waals surface area contributed by atoms with Crippen LogP contribution in [0.4, 0.5) is 0 Å². The van der Waals surface area contributed by atoms with Crippen molar-refractivity contribution in [2.24, 2.45) is 0 Å². The predicted molar refractivity (Wildman–Crippen MR) is 115 cm³/mol. The molecule has 0 radical (unpaired) electrons. The van der Waals surface area contributed by atoms with Crippen molar-refractivity contribution in [3.63, 3.8) is 0 Å². The molecule has 0 aliphatic carbocycles. The third-order valence-electron chi connectivity index (χ3n) is 4.61. The van der Waals surface area contributed by atoms with Crippen molar-refractivity contribution in [1.82, 2.24) is 4.72 Å². The average Bonchev–Trinajstić information content (AvgIpc) is 2.70. The van der Waals surface area contributed by atoms with Crippen LogP contribution in [0.25, 0.3) is 10.8 Å². The van der Waals surface area contributed by atoms with Crippen LogP contribution in [-0.4, -0.2) is 8.42 Å². The van der Waals surface area contributed by atoms with Crippen LogP contribution in [0.3, 0.4) is 0 Å². The lowest BCUT2D eigenvalue weighted by Crippen LogP contribution is -2.28. The maximum absolute atomic E-state index is 12.9. The van der Waals surface area contributed by atoms with Gasteiger partial charge in [-0.1, -0.05) is 73.4 Å². The summed E-state index contributed by atoms with van der Waals surface area (Å²) >= 11 is 0. The van der Waals surface area contributed by atoms with Crippen LogP contribution in [0.5, 0.6) is 0 Å². The highest BCUT2D eigenvalue weighted by Crippen LogP contribution is 2.22. The maximum atomic E-state index is 12.9. The third-order valence-corrected chi connectivity index (χ3v) is 6.05. The lowest BCUT2D eigenvalue weighted by Gasteiger charge is -2.15. The van der Waals surface area contributed by atoms with Crippen LogP contribution in [0, 0.1) is 18.8 Å². The van der Waals surface area contributed by atoms with Gasteiger partial charge in [0.15, 0.2) is 0 Å². The SMILES string of the molecule is CCCCC#CC(NS(=O)(=O)c1ccc(C)cc1)c1ccc2ccccc2c1. The van der Waals surface area contributed by atoms with Crippen molar-refractivity contribution in [2.75, 3.05) is 0 Å². The van der Waals surface area contributed by atoms with Gasteiger partial charge in [0.25, 0.3) is 0 Å². The normalized spacial score (nSPS) is 12.4. The number of fused-ring (bicyclic) bond motifs is 1. The molecule has 3 aromatic rings. The number of benzene rings is 3. The first-order valence-corrected chi connectivity index (χ1v) is 11.0. The van der Waals surface area contributed by atoms with Gasteiger partial charge in [0, 0.05) is 6.42 Å². The van der Waals surface area contributed by atoms with Crippen molar-refractivity contribution in [3.8, 4) is 11.8 Å². The van der Waals surface area contributed by atoms with Gasteiger partial charge >= 0.3 is 0 Å². The summed E-state index contributed by atoms with van der Waals surface area (Å²) in [6.07, 6.45) is 2.82. The van der Waals surface area contributed by atoms with Gasteiger partial charge in [0.2, 0.25) is 10.0 Å². The van der Waals surface area contributed by atoms with Gasteiger partial charge in [-0.05, 0) is 47.9 Å². The number of unbranched alkanes of at least 4 members (excludes halogenated alkanes) is 2. The van der Waals surface area contributed by atoms with E-state index in [1.54, 1.807) is 24.3 Å². The van der Waals surface area contributed by atoms with E-state index in [1.165, 1.54) is 0 Å². The summed E-state index contributed by atoms with van der Waals surface area (Å²) in [7, 11) is -3.67. The lowest BCUT2D eigenvalue weighted by atomic mass is 10.0. The zero-order valence-electron chi connectivity index (χ0n) is 16.3. The Balaban J connectivity index is 1.95. The second-order valence-electron chi connectivity index (χ2n) is 6.90. The Kier molecular flexibility index (Phi) is 6.51. The summed E-state index contributed by atoms with van der Waals surface area (Å²) in [5, 5.41) is 2.18. The summed E-state index contributed by atoms with van der Waals surface area (Å²) in [5.41, 5.74) is 1.86. The van der Waals surface area contributed by atoms with Crippen LogP contribution >= 0.6 is 0 Å². The van der Waals surface area contributed by atoms with E-state index >= 15 is 0 Å². The largest absolute Gasteiger partial charge is 0.241 e. The molecule has 3 nitrogen and oxygen atoms in total. The molecule has 3 aromatic carbocycles. The van der Waals surface area contributed by atoms with Gasteiger partial charge in [-0.2, -0.15) is 4.72 Å². The molecule has 0 aliphatic heterocycles. The molecule has 4 heteroatoms. The zero-order valence-corrected chi connectivity index (χ0v) is 17.1. The van der Waals surface area contributed by atoms with Gasteiger partial charge < -0.3 is 0 Å². The van der Waals surface area contributed by atoms with E-state index < -0.39 is 16.1 Å². The second-order valence-corrected chi connectivity index (χ2v) is 8.61. The maximum Gasteiger partial charge on any atom is 0.241 e. The van der Waals surface area contributed by atoms with Crippen LogP contribution < -0.4 is 4.72 Å². The molecule has 0 heterocycles. The highest BCUT2D eigenvalue weighted by atomic mass is 32.2. The molecule has 3 rings (SSSR count). The van der Waals surface area contributed by atoms with Crippen LogP contribution in [0.15, 0.2) is 71.6 Å². The molecule has 0 aromatic heterocycles. The first-order valence-electron chi connectivity index (χ1n) is 9.56. The standard InChI is InChI=1S/C24H25NO2S/c1-3-4-5-6-11-24(22-15-14-20-9-7-8-10-21(20)18-22)25-28(26,27)23-16-12-19(2)13-17-23/h7-10,12-18,24-25H,3-5H2,1-2H3. The van der Waals surface area contributed by atoms with E-state index in [9.17, 15) is 8.42 Å². The minimum atomic E-state index is -3.67. The predicted octanol–water partition coefficient (Wildman–Crippen LogP) is 5.36. The van der Waals surface area contributed by atoms with Gasteiger partial charge in [0.05, 0.1) is 4.90 Å². The number of hydrogen-bond acceptors (Lipinski definition) is 2. The molecule has 1 unspecified atom stereocenters.